The monoisotopic (exact) mass is 394 g/mol. The fourth-order valence-corrected chi connectivity index (χ4v) is 2.92. The minimum Gasteiger partial charge on any atom is -0.444 e. The number of hydrogen-bond acceptors (Lipinski definition) is 6. The second kappa shape index (κ2) is 6.51. The van der Waals surface area contributed by atoms with Gasteiger partial charge >= 0.3 is 6.09 Å². The van der Waals surface area contributed by atoms with Gasteiger partial charge in [-0.3, -0.25) is 4.90 Å². The molecule has 1 aliphatic heterocycles. The van der Waals surface area contributed by atoms with Gasteiger partial charge in [-0.15, -0.1) is 0 Å². The Morgan fingerprint density at radius 1 is 1.38 bits per heavy atom. The summed E-state index contributed by atoms with van der Waals surface area (Å²) >= 11 is 3.32. The van der Waals surface area contributed by atoms with E-state index in [2.05, 4.69) is 31.1 Å². The van der Waals surface area contributed by atoms with Crippen molar-refractivity contribution < 1.29 is 14.1 Å². The molecule has 3 rings (SSSR count). The average Bonchev–Trinajstić information content (AvgIpc) is 3.14. The zero-order chi connectivity index (χ0) is 17.3. The van der Waals surface area contributed by atoms with Crippen molar-refractivity contribution in [1.82, 2.24) is 20.0 Å². The lowest BCUT2D eigenvalue weighted by atomic mass is 10.2. The highest BCUT2D eigenvalue weighted by Crippen LogP contribution is 2.32. The summed E-state index contributed by atoms with van der Waals surface area (Å²) < 4.78 is 11.5. The number of aromatic nitrogens is 3. The molecular weight excluding hydrogens is 376 g/mol. The summed E-state index contributed by atoms with van der Waals surface area (Å²) in [4.78, 5) is 22.7. The number of likely N-dealkylation sites (tertiary alicyclic amines) is 1. The van der Waals surface area contributed by atoms with Crippen molar-refractivity contribution in [1.29, 1.82) is 0 Å². The Hall–Kier alpha value is -1.96. The van der Waals surface area contributed by atoms with Crippen LogP contribution in [0.5, 0.6) is 0 Å². The van der Waals surface area contributed by atoms with Gasteiger partial charge in [0, 0.05) is 6.54 Å². The maximum Gasteiger partial charge on any atom is 0.410 e. The molecule has 0 saturated carbocycles. The number of pyridine rings is 1. The van der Waals surface area contributed by atoms with Crippen LogP contribution in [-0.4, -0.2) is 38.3 Å². The first-order valence-electron chi connectivity index (χ1n) is 7.80. The number of ether oxygens (including phenoxy) is 1. The Balaban J connectivity index is 1.80. The summed E-state index contributed by atoms with van der Waals surface area (Å²) in [7, 11) is 0. The van der Waals surface area contributed by atoms with Crippen LogP contribution in [0.4, 0.5) is 4.79 Å². The minimum atomic E-state index is -0.535. The molecule has 0 bridgehead atoms. The summed E-state index contributed by atoms with van der Waals surface area (Å²) in [6.07, 6.45) is 1.31. The predicted molar refractivity (Wildman–Crippen MR) is 90.1 cm³/mol. The predicted octanol–water partition coefficient (Wildman–Crippen LogP) is 3.97. The lowest BCUT2D eigenvalue weighted by Gasteiger charge is -2.27. The summed E-state index contributed by atoms with van der Waals surface area (Å²) in [6.45, 7) is 6.17. The van der Waals surface area contributed by atoms with Crippen LogP contribution in [0.15, 0.2) is 27.3 Å². The van der Waals surface area contributed by atoms with Gasteiger partial charge in [0.2, 0.25) is 0 Å². The highest BCUT2D eigenvalue weighted by molar-refractivity contribution is 9.10. The topological polar surface area (TPSA) is 81.4 Å². The molecule has 2 aromatic heterocycles. The largest absolute Gasteiger partial charge is 0.444 e. The van der Waals surface area contributed by atoms with Gasteiger partial charge in [-0.1, -0.05) is 11.2 Å². The fraction of sp³-hybridized carbons (Fsp3) is 0.500. The zero-order valence-corrected chi connectivity index (χ0v) is 15.4. The molecule has 0 aliphatic carbocycles. The molecule has 0 spiro atoms. The molecular formula is C16H19BrN4O3. The molecule has 1 fully saturated rings. The maximum absolute atomic E-state index is 12.4. The number of halogens is 1. The van der Waals surface area contributed by atoms with Crippen LogP contribution in [-0.2, 0) is 4.74 Å². The van der Waals surface area contributed by atoms with E-state index in [1.54, 1.807) is 11.0 Å². The first-order valence-corrected chi connectivity index (χ1v) is 8.59. The van der Waals surface area contributed by atoms with Gasteiger partial charge in [0.05, 0.1) is 6.04 Å². The minimum absolute atomic E-state index is 0.232. The van der Waals surface area contributed by atoms with Crippen molar-refractivity contribution in [2.24, 2.45) is 0 Å². The van der Waals surface area contributed by atoms with Crippen LogP contribution < -0.4 is 0 Å². The van der Waals surface area contributed by atoms with Gasteiger partial charge in [0.1, 0.15) is 15.9 Å². The quantitative estimate of drug-likeness (QED) is 0.716. The van der Waals surface area contributed by atoms with E-state index < -0.39 is 5.60 Å². The van der Waals surface area contributed by atoms with E-state index in [1.807, 2.05) is 32.9 Å². The van der Waals surface area contributed by atoms with Crippen molar-refractivity contribution in [2.45, 2.75) is 45.3 Å². The van der Waals surface area contributed by atoms with E-state index in [4.69, 9.17) is 9.26 Å². The van der Waals surface area contributed by atoms with E-state index >= 15 is 0 Å². The van der Waals surface area contributed by atoms with Gasteiger partial charge in [-0.05, 0) is 61.7 Å². The standard InChI is InChI=1S/C16H19BrN4O3/c1-16(2,3)23-15(22)21-9-5-7-11(21)13-19-14(24-20-13)10-6-4-8-12(17)18-10/h4,6,8,11H,5,7,9H2,1-3H3. The lowest BCUT2D eigenvalue weighted by molar-refractivity contribution is 0.0217. The van der Waals surface area contributed by atoms with Gasteiger partial charge in [0.25, 0.3) is 5.89 Å². The van der Waals surface area contributed by atoms with Gasteiger partial charge in [0.15, 0.2) is 5.82 Å². The maximum atomic E-state index is 12.4. The number of hydrogen-bond donors (Lipinski definition) is 0. The Morgan fingerprint density at radius 2 is 2.17 bits per heavy atom. The Bertz CT molecular complexity index is 741. The number of rotatable bonds is 2. The first-order chi connectivity index (χ1) is 11.3. The summed E-state index contributed by atoms with van der Waals surface area (Å²) in [5.74, 6) is 0.817. The Kier molecular flexibility index (Phi) is 4.58. The Morgan fingerprint density at radius 3 is 2.88 bits per heavy atom. The second-order valence-corrected chi connectivity index (χ2v) is 7.45. The third-order valence-corrected chi connectivity index (χ3v) is 4.00. The molecule has 128 valence electrons. The summed E-state index contributed by atoms with van der Waals surface area (Å²) in [5, 5.41) is 4.04. The lowest BCUT2D eigenvalue weighted by Crippen LogP contribution is -2.36. The number of amides is 1. The third kappa shape index (κ3) is 3.75. The molecule has 1 aliphatic rings. The van der Waals surface area contributed by atoms with Crippen molar-refractivity contribution in [2.75, 3.05) is 6.54 Å². The second-order valence-electron chi connectivity index (χ2n) is 6.64. The van der Waals surface area contributed by atoms with Crippen molar-refractivity contribution in [3.63, 3.8) is 0 Å². The van der Waals surface area contributed by atoms with Gasteiger partial charge < -0.3 is 9.26 Å². The van der Waals surface area contributed by atoms with Crippen LogP contribution in [0.1, 0.15) is 45.5 Å². The number of carbonyl (C=O) groups is 1. The number of carbonyl (C=O) groups excluding carboxylic acids is 1. The van der Waals surface area contributed by atoms with Crippen LogP contribution in [0.3, 0.4) is 0 Å². The molecule has 1 saturated heterocycles. The third-order valence-electron chi connectivity index (χ3n) is 3.55. The van der Waals surface area contributed by atoms with Crippen molar-refractivity contribution in [3.05, 3.63) is 28.6 Å². The fourth-order valence-electron chi connectivity index (χ4n) is 2.58. The molecule has 7 nitrogen and oxygen atoms in total. The van der Waals surface area contributed by atoms with Crippen LogP contribution in [0.2, 0.25) is 0 Å². The molecule has 1 atom stereocenters. The molecule has 0 N–H and O–H groups in total. The van der Waals surface area contributed by atoms with Gasteiger partial charge in [-0.2, -0.15) is 4.98 Å². The Labute approximate surface area is 148 Å². The highest BCUT2D eigenvalue weighted by Gasteiger charge is 2.36. The van der Waals surface area contributed by atoms with E-state index in [1.165, 1.54) is 0 Å². The number of nitrogens with zero attached hydrogens (tertiary/aromatic N) is 4. The molecule has 2 aromatic rings. The van der Waals surface area contributed by atoms with E-state index in [-0.39, 0.29) is 12.1 Å². The van der Waals surface area contributed by atoms with Crippen LogP contribution in [0, 0.1) is 0 Å². The van der Waals surface area contributed by atoms with E-state index in [0.717, 1.165) is 12.8 Å². The first kappa shape index (κ1) is 16.9. The normalized spacial score (nSPS) is 18.0. The van der Waals surface area contributed by atoms with E-state index in [9.17, 15) is 4.79 Å². The van der Waals surface area contributed by atoms with Crippen molar-refractivity contribution >= 4 is 22.0 Å². The summed E-state index contributed by atoms with van der Waals surface area (Å²) in [5.41, 5.74) is 0.0531. The molecule has 0 radical (unpaired) electrons. The van der Waals surface area contributed by atoms with E-state index in [0.29, 0.717) is 28.6 Å². The highest BCUT2D eigenvalue weighted by atomic mass is 79.9. The molecule has 1 amide bonds. The molecule has 24 heavy (non-hydrogen) atoms. The molecule has 0 aromatic carbocycles. The van der Waals surface area contributed by atoms with Crippen LogP contribution >= 0.6 is 15.9 Å². The van der Waals surface area contributed by atoms with Gasteiger partial charge in [-0.25, -0.2) is 9.78 Å². The molecule has 1 unspecified atom stereocenters. The molecule has 8 heteroatoms. The zero-order valence-electron chi connectivity index (χ0n) is 13.8. The SMILES string of the molecule is CC(C)(C)OC(=O)N1CCCC1c1noc(-c2cccc(Br)n2)n1. The molecule has 3 heterocycles. The summed E-state index contributed by atoms with van der Waals surface area (Å²) in [6, 6.07) is 5.23. The van der Waals surface area contributed by atoms with Crippen molar-refractivity contribution in [3.8, 4) is 11.6 Å². The average molecular weight is 395 g/mol. The van der Waals surface area contributed by atoms with Crippen LogP contribution in [0.25, 0.3) is 11.6 Å². The smallest absolute Gasteiger partial charge is 0.410 e.